The molecule has 0 atom stereocenters. The molecule has 368 valence electrons. The summed E-state index contributed by atoms with van der Waals surface area (Å²) in [5, 5.41) is 38.7. The summed E-state index contributed by atoms with van der Waals surface area (Å²) in [5.41, 5.74) is -3.57. The molecule has 0 unspecified atom stereocenters. The van der Waals surface area contributed by atoms with E-state index in [0.717, 1.165) is 22.7 Å². The highest BCUT2D eigenvalue weighted by atomic mass is 32.1. The lowest BCUT2D eigenvalue weighted by Crippen LogP contribution is -2.46. The number of ether oxygens (including phenoxy) is 4. The standard InChI is InChI=1S/C58H34N6O8S4/c59-27-39(28-60)63-47-23-21-43(73-47)41-25-42-49(57(41,53(65)69-31-35-13-5-1-6-14-35)54(66)70-32-36-15-7-2-8-16-36)52-50(51-46(76-52)26-45(75-51)44-22-24-48(74-44)64-40(29-61)30-62)58(42,55(67)71-33-37-17-9-3-10-18-37)56(68)72-34-38-19-11-4-12-20-38/h1-26H,31-34H2. The molecule has 10 rings (SSSR count). The van der Waals surface area contributed by atoms with Crippen molar-refractivity contribution < 1.29 is 38.1 Å². The Kier molecular flexibility index (Phi) is 14.2. The van der Waals surface area contributed by atoms with E-state index in [0.29, 0.717) is 46.4 Å². The van der Waals surface area contributed by atoms with Crippen LogP contribution in [0.5, 0.6) is 0 Å². The molecule has 14 nitrogen and oxygen atoms in total. The molecule has 8 aromatic rings. The molecule has 4 heterocycles. The number of benzene rings is 4. The van der Waals surface area contributed by atoms with Gasteiger partial charge in [0.05, 0.1) is 4.70 Å². The first-order chi connectivity index (χ1) is 37.1. The van der Waals surface area contributed by atoms with Crippen molar-refractivity contribution in [2.24, 2.45) is 15.4 Å². The molecule has 2 aliphatic rings. The first kappa shape index (κ1) is 50.1. The second kappa shape index (κ2) is 21.6. The first-order valence-corrected chi connectivity index (χ1v) is 26.3. The molecular formula is C58H34N6O8S4. The SMILES string of the molecule is N#CC(C#N)=Nc1ccc(C2=CC3=C(c4sc5cc(-c6ccc(N=C(C#N)C#N)s6)sc5c4C3(C(=O)OCc3ccccc3)C(=O)OCc3ccccc3)C2(C(=O)OCc2ccccc2)C(=O)OCc2ccccc2)s1. The average molecular weight is 1070 g/mol. The number of aliphatic imine (C=N–C) groups is 2. The summed E-state index contributed by atoms with van der Waals surface area (Å²) in [5.74, 6) is -4.30. The second-order valence-electron chi connectivity index (χ2n) is 16.8. The second-order valence-corrected chi connectivity index (χ2v) is 21.1. The highest BCUT2D eigenvalue weighted by molar-refractivity contribution is 7.32. The largest absolute Gasteiger partial charge is 0.459 e. The minimum atomic E-state index is -2.58. The number of hydrogen-bond acceptors (Lipinski definition) is 18. The van der Waals surface area contributed by atoms with Gasteiger partial charge in [-0.2, -0.15) is 21.0 Å². The summed E-state index contributed by atoms with van der Waals surface area (Å²) in [6, 6.07) is 50.9. The number of fused-ring (bicyclic) bond motifs is 4. The molecule has 18 heteroatoms. The van der Waals surface area contributed by atoms with Crippen molar-refractivity contribution in [2.45, 2.75) is 31.8 Å². The van der Waals surface area contributed by atoms with Crippen LogP contribution >= 0.6 is 45.3 Å². The van der Waals surface area contributed by atoms with Crippen LogP contribution in [0.2, 0.25) is 0 Å². The number of thiophene rings is 4. The zero-order valence-electron chi connectivity index (χ0n) is 39.4. The molecule has 0 amide bonds. The predicted molar refractivity (Wildman–Crippen MR) is 288 cm³/mol. The van der Waals surface area contributed by atoms with E-state index in [4.69, 9.17) is 18.9 Å². The Hall–Kier alpha value is -9.40. The molecule has 76 heavy (non-hydrogen) atoms. The molecule has 4 aromatic heterocycles. The van der Waals surface area contributed by atoms with Gasteiger partial charge in [0.25, 0.3) is 0 Å². The summed E-state index contributed by atoms with van der Waals surface area (Å²) in [6.07, 6.45) is 1.46. The molecule has 0 bridgehead atoms. The van der Waals surface area contributed by atoms with Gasteiger partial charge in [0.15, 0.2) is 0 Å². The van der Waals surface area contributed by atoms with Crippen molar-refractivity contribution in [3.8, 4) is 34.0 Å². The normalized spacial score (nSPS) is 13.3. The molecular weight excluding hydrogens is 1040 g/mol. The molecule has 0 saturated heterocycles. The van der Waals surface area contributed by atoms with Gasteiger partial charge in [-0.05, 0) is 64.2 Å². The summed E-state index contributed by atoms with van der Waals surface area (Å²) in [4.78, 5) is 73.9. The minimum absolute atomic E-state index is 0.0319. The summed E-state index contributed by atoms with van der Waals surface area (Å²) in [7, 11) is 0. The Balaban J connectivity index is 1.26. The van der Waals surface area contributed by atoms with Crippen molar-refractivity contribution in [3.05, 3.63) is 201 Å². The van der Waals surface area contributed by atoms with E-state index in [9.17, 15) is 21.0 Å². The van der Waals surface area contributed by atoms with E-state index in [1.807, 2.05) is 6.07 Å². The monoisotopic (exact) mass is 1070 g/mol. The smallest absolute Gasteiger partial charge is 0.333 e. The Morgan fingerprint density at radius 1 is 0.461 bits per heavy atom. The van der Waals surface area contributed by atoms with Gasteiger partial charge in [0, 0.05) is 40.9 Å². The van der Waals surface area contributed by atoms with Crippen molar-refractivity contribution in [1.82, 2.24) is 0 Å². The zero-order valence-corrected chi connectivity index (χ0v) is 42.7. The third-order valence-corrected chi connectivity index (χ3v) is 17.0. The third kappa shape index (κ3) is 9.19. The van der Waals surface area contributed by atoms with E-state index in [1.165, 1.54) is 34.8 Å². The summed E-state index contributed by atoms with van der Waals surface area (Å²) in [6.45, 7) is -1.17. The van der Waals surface area contributed by atoms with E-state index in [1.54, 1.807) is 164 Å². The summed E-state index contributed by atoms with van der Waals surface area (Å²) < 4.78 is 26.0. The van der Waals surface area contributed by atoms with Gasteiger partial charge in [0.2, 0.25) is 22.3 Å². The van der Waals surface area contributed by atoms with Crippen molar-refractivity contribution in [3.63, 3.8) is 0 Å². The fourth-order valence-electron chi connectivity index (χ4n) is 8.93. The molecule has 0 fully saturated rings. The van der Waals surface area contributed by atoms with Crippen molar-refractivity contribution in [1.29, 1.82) is 21.0 Å². The first-order valence-electron chi connectivity index (χ1n) is 23.0. The van der Waals surface area contributed by atoms with Gasteiger partial charge in [0.1, 0.15) is 60.7 Å². The molecule has 4 aromatic carbocycles. The Bertz CT molecular complexity index is 3770. The van der Waals surface area contributed by atoms with Gasteiger partial charge in [-0.3, -0.25) is 19.2 Å². The van der Waals surface area contributed by atoms with Crippen LogP contribution in [0.3, 0.4) is 0 Å². The topological polar surface area (TPSA) is 225 Å². The van der Waals surface area contributed by atoms with Gasteiger partial charge in [-0.15, -0.1) is 45.3 Å². The van der Waals surface area contributed by atoms with Crippen LogP contribution in [0.1, 0.15) is 37.6 Å². The number of allylic oxidation sites excluding steroid dienone is 1. The number of nitrogens with zero attached hydrogens (tertiary/aromatic N) is 6. The predicted octanol–water partition coefficient (Wildman–Crippen LogP) is 12.1. The van der Waals surface area contributed by atoms with Crippen LogP contribution in [0.4, 0.5) is 10.0 Å². The van der Waals surface area contributed by atoms with E-state index in [-0.39, 0.29) is 69.2 Å². The molecule has 0 N–H and O–H groups in total. The number of carbonyl (C=O) groups is 4. The van der Waals surface area contributed by atoms with Crippen LogP contribution in [-0.2, 0) is 70.0 Å². The summed E-state index contributed by atoms with van der Waals surface area (Å²) >= 11 is 4.54. The molecule has 0 aliphatic heterocycles. The maximum atomic E-state index is 15.9. The van der Waals surface area contributed by atoms with E-state index < -0.39 is 40.4 Å². The van der Waals surface area contributed by atoms with Crippen LogP contribution < -0.4 is 0 Å². The van der Waals surface area contributed by atoms with Gasteiger partial charge in [-0.1, -0.05) is 121 Å². The number of rotatable bonds is 16. The van der Waals surface area contributed by atoms with Crippen LogP contribution in [0.15, 0.2) is 173 Å². The fourth-order valence-corrected chi connectivity index (χ4v) is 13.7. The zero-order chi connectivity index (χ0) is 52.8. The van der Waals surface area contributed by atoms with Gasteiger partial charge >= 0.3 is 23.9 Å². The van der Waals surface area contributed by atoms with Crippen molar-refractivity contribution in [2.75, 3.05) is 0 Å². The molecule has 0 radical (unpaired) electrons. The van der Waals surface area contributed by atoms with Gasteiger partial charge in [-0.25, -0.2) is 9.98 Å². The quantitative estimate of drug-likeness (QED) is 0.0381. The molecule has 0 saturated carbocycles. The van der Waals surface area contributed by atoms with Crippen LogP contribution in [0, 0.1) is 50.7 Å². The van der Waals surface area contributed by atoms with Crippen LogP contribution in [-0.4, -0.2) is 35.3 Å². The lowest BCUT2D eigenvalue weighted by atomic mass is 9.75. The lowest BCUT2D eigenvalue weighted by Gasteiger charge is -2.30. The molecule has 2 aliphatic carbocycles. The third-order valence-electron chi connectivity index (χ3n) is 12.3. The number of hydrogen-bond donors (Lipinski definition) is 0. The number of esters is 4. The molecule has 0 spiro atoms. The highest BCUT2D eigenvalue weighted by Gasteiger charge is 2.70. The van der Waals surface area contributed by atoms with Gasteiger partial charge < -0.3 is 18.9 Å². The Labute approximate surface area is 449 Å². The Morgan fingerprint density at radius 3 is 1.28 bits per heavy atom. The lowest BCUT2D eigenvalue weighted by molar-refractivity contribution is -0.166. The Morgan fingerprint density at radius 2 is 0.855 bits per heavy atom. The maximum absolute atomic E-state index is 15.9. The minimum Gasteiger partial charge on any atom is -0.459 e. The van der Waals surface area contributed by atoms with Crippen LogP contribution in [0.25, 0.3) is 30.3 Å². The fraction of sp³-hybridized carbons (Fsp3) is 0.103. The highest BCUT2D eigenvalue weighted by Crippen LogP contribution is 2.68. The number of carbonyl (C=O) groups excluding carboxylic acids is 4. The van der Waals surface area contributed by atoms with E-state index >= 15 is 19.2 Å². The maximum Gasteiger partial charge on any atom is 0.333 e. The van der Waals surface area contributed by atoms with Crippen molar-refractivity contribution >= 4 is 111 Å². The van der Waals surface area contributed by atoms with E-state index in [2.05, 4.69) is 9.98 Å². The average Bonchev–Trinajstić information content (AvgIpc) is 4.49. The number of nitriles is 4.